The van der Waals surface area contributed by atoms with Crippen molar-refractivity contribution in [1.82, 2.24) is 10.2 Å². The van der Waals surface area contributed by atoms with Gasteiger partial charge in [0.1, 0.15) is 0 Å². The molecule has 1 aliphatic rings. The first-order chi connectivity index (χ1) is 7.29. The fourth-order valence-corrected chi connectivity index (χ4v) is 2.61. The van der Waals surface area contributed by atoms with E-state index in [1.54, 1.807) is 0 Å². The molecule has 0 spiro atoms. The van der Waals surface area contributed by atoms with Crippen LogP contribution in [0.2, 0.25) is 0 Å². The summed E-state index contributed by atoms with van der Waals surface area (Å²) in [4.78, 5) is 2.22. The monoisotopic (exact) mass is 228 g/mol. The molecule has 2 heterocycles. The second-order valence-electron chi connectivity index (χ2n) is 3.87. The Labute approximate surface area is 92.9 Å². The van der Waals surface area contributed by atoms with Gasteiger partial charge < -0.3 is 15.7 Å². The average molecular weight is 228 g/mol. The minimum atomic E-state index is 0.302. The Morgan fingerprint density at radius 2 is 2.13 bits per heavy atom. The van der Waals surface area contributed by atoms with E-state index in [1.165, 1.54) is 11.3 Å². The molecule has 0 amide bonds. The second kappa shape index (κ2) is 4.76. The van der Waals surface area contributed by atoms with Crippen molar-refractivity contribution in [2.75, 3.05) is 30.3 Å². The molecule has 0 unspecified atom stereocenters. The Kier molecular flexibility index (Phi) is 3.37. The molecule has 3 N–H and O–H groups in total. The molecule has 1 saturated heterocycles. The molecule has 1 fully saturated rings. The van der Waals surface area contributed by atoms with Gasteiger partial charge in [-0.25, -0.2) is 0 Å². The molecule has 2 rings (SSSR count). The lowest BCUT2D eigenvalue weighted by Crippen LogP contribution is -2.33. The number of aliphatic hydroxyl groups is 1. The summed E-state index contributed by atoms with van der Waals surface area (Å²) in [5.74, 6) is 0.663. The largest absolute Gasteiger partial charge is 0.396 e. The van der Waals surface area contributed by atoms with E-state index >= 15 is 0 Å². The van der Waals surface area contributed by atoms with Crippen molar-refractivity contribution in [3.05, 3.63) is 0 Å². The van der Waals surface area contributed by atoms with E-state index in [2.05, 4.69) is 15.1 Å². The fraction of sp³-hybridized carbons (Fsp3) is 0.778. The molecule has 0 radical (unpaired) electrons. The van der Waals surface area contributed by atoms with Gasteiger partial charge in [-0.15, -0.1) is 10.2 Å². The number of piperidine rings is 1. The molecule has 5 nitrogen and oxygen atoms in total. The van der Waals surface area contributed by atoms with Gasteiger partial charge in [0.2, 0.25) is 10.3 Å². The van der Waals surface area contributed by atoms with Crippen LogP contribution in [0, 0.1) is 5.92 Å². The lowest BCUT2D eigenvalue weighted by molar-refractivity contribution is 0.240. The standard InChI is InChI=1S/C9H16N4OS/c10-8-11-12-9(15-8)13-4-1-7(2-5-13)3-6-14/h7,14H,1-6H2,(H2,10,11). The quantitative estimate of drug-likeness (QED) is 0.797. The highest BCUT2D eigenvalue weighted by Crippen LogP contribution is 2.27. The summed E-state index contributed by atoms with van der Waals surface area (Å²) in [5.41, 5.74) is 5.55. The van der Waals surface area contributed by atoms with Crippen molar-refractivity contribution >= 4 is 21.6 Å². The van der Waals surface area contributed by atoms with Gasteiger partial charge >= 0.3 is 0 Å². The maximum absolute atomic E-state index is 8.85. The Hall–Kier alpha value is -0.880. The van der Waals surface area contributed by atoms with Crippen LogP contribution in [0.4, 0.5) is 10.3 Å². The Bertz CT molecular complexity index is 309. The summed E-state index contributed by atoms with van der Waals surface area (Å²) >= 11 is 1.44. The number of hydrogen-bond acceptors (Lipinski definition) is 6. The highest BCUT2D eigenvalue weighted by Gasteiger charge is 2.20. The average Bonchev–Trinajstić information content (AvgIpc) is 2.67. The van der Waals surface area contributed by atoms with E-state index in [1.807, 2.05) is 0 Å². The summed E-state index contributed by atoms with van der Waals surface area (Å²) < 4.78 is 0. The van der Waals surface area contributed by atoms with Crippen LogP contribution < -0.4 is 10.6 Å². The van der Waals surface area contributed by atoms with Gasteiger partial charge in [0.05, 0.1) is 0 Å². The van der Waals surface area contributed by atoms with Crippen LogP contribution >= 0.6 is 11.3 Å². The zero-order valence-electron chi connectivity index (χ0n) is 8.59. The van der Waals surface area contributed by atoms with Crippen LogP contribution in [0.3, 0.4) is 0 Å². The van der Waals surface area contributed by atoms with Gasteiger partial charge in [-0.1, -0.05) is 11.3 Å². The summed E-state index contributed by atoms with van der Waals surface area (Å²) in [6.07, 6.45) is 3.17. The third kappa shape index (κ3) is 2.57. The number of anilines is 2. The Balaban J connectivity index is 1.88. The van der Waals surface area contributed by atoms with Gasteiger partial charge in [0.25, 0.3) is 0 Å². The van der Waals surface area contributed by atoms with Crippen LogP contribution in [-0.4, -0.2) is 35.0 Å². The zero-order chi connectivity index (χ0) is 10.7. The Morgan fingerprint density at radius 3 is 2.67 bits per heavy atom. The second-order valence-corrected chi connectivity index (χ2v) is 4.85. The smallest absolute Gasteiger partial charge is 0.209 e. The van der Waals surface area contributed by atoms with Crippen LogP contribution in [-0.2, 0) is 0 Å². The molecule has 0 atom stereocenters. The molecular weight excluding hydrogens is 212 g/mol. The lowest BCUT2D eigenvalue weighted by Gasteiger charge is -2.30. The van der Waals surface area contributed by atoms with Gasteiger partial charge in [-0.05, 0) is 25.2 Å². The predicted octanol–water partition coefficient (Wildman–Crippen LogP) is 0.719. The van der Waals surface area contributed by atoms with E-state index < -0.39 is 0 Å². The fourth-order valence-electron chi connectivity index (χ4n) is 1.95. The number of aliphatic hydroxyl groups excluding tert-OH is 1. The Morgan fingerprint density at radius 1 is 1.40 bits per heavy atom. The topological polar surface area (TPSA) is 75.3 Å². The molecule has 15 heavy (non-hydrogen) atoms. The summed E-state index contributed by atoms with van der Waals surface area (Å²) in [5, 5.41) is 18.2. The van der Waals surface area contributed by atoms with Crippen LogP contribution in [0.1, 0.15) is 19.3 Å². The number of nitrogens with two attached hydrogens (primary N) is 1. The molecule has 0 aliphatic carbocycles. The minimum absolute atomic E-state index is 0.302. The van der Waals surface area contributed by atoms with Gasteiger partial charge in [-0.2, -0.15) is 0 Å². The normalized spacial score (nSPS) is 18.3. The van der Waals surface area contributed by atoms with Gasteiger partial charge in [0, 0.05) is 19.7 Å². The highest BCUT2D eigenvalue weighted by atomic mass is 32.1. The van der Waals surface area contributed by atoms with E-state index in [4.69, 9.17) is 10.8 Å². The molecule has 1 aliphatic heterocycles. The van der Waals surface area contributed by atoms with Crippen molar-refractivity contribution in [1.29, 1.82) is 0 Å². The van der Waals surface area contributed by atoms with Crippen LogP contribution in [0.25, 0.3) is 0 Å². The SMILES string of the molecule is Nc1nnc(N2CCC(CCO)CC2)s1. The molecule has 0 aromatic carbocycles. The first-order valence-corrected chi connectivity index (χ1v) is 6.06. The number of hydrogen-bond donors (Lipinski definition) is 2. The van der Waals surface area contributed by atoms with Crippen LogP contribution in [0.5, 0.6) is 0 Å². The number of nitrogen functional groups attached to an aromatic ring is 1. The summed E-state index contributed by atoms with van der Waals surface area (Å²) in [7, 11) is 0. The number of aromatic nitrogens is 2. The van der Waals surface area contributed by atoms with Crippen molar-refractivity contribution in [2.45, 2.75) is 19.3 Å². The minimum Gasteiger partial charge on any atom is -0.396 e. The number of rotatable bonds is 3. The first kappa shape index (κ1) is 10.6. The number of nitrogens with zero attached hydrogens (tertiary/aromatic N) is 3. The third-order valence-corrected chi connectivity index (χ3v) is 3.67. The predicted molar refractivity (Wildman–Crippen MR) is 61.0 cm³/mol. The third-order valence-electron chi connectivity index (χ3n) is 2.85. The van der Waals surface area contributed by atoms with Crippen LogP contribution in [0.15, 0.2) is 0 Å². The maximum Gasteiger partial charge on any atom is 0.209 e. The molecule has 84 valence electrons. The molecule has 0 bridgehead atoms. The van der Waals surface area contributed by atoms with Crippen molar-refractivity contribution in [3.8, 4) is 0 Å². The van der Waals surface area contributed by atoms with E-state index in [0.717, 1.165) is 37.5 Å². The van der Waals surface area contributed by atoms with E-state index in [-0.39, 0.29) is 0 Å². The molecule has 1 aromatic rings. The van der Waals surface area contributed by atoms with Crippen molar-refractivity contribution in [3.63, 3.8) is 0 Å². The van der Waals surface area contributed by atoms with E-state index in [0.29, 0.717) is 17.7 Å². The zero-order valence-corrected chi connectivity index (χ0v) is 9.41. The lowest BCUT2D eigenvalue weighted by atomic mass is 9.94. The first-order valence-electron chi connectivity index (χ1n) is 5.24. The summed E-state index contributed by atoms with van der Waals surface area (Å²) in [6.45, 7) is 2.30. The highest BCUT2D eigenvalue weighted by molar-refractivity contribution is 7.18. The van der Waals surface area contributed by atoms with E-state index in [9.17, 15) is 0 Å². The molecule has 1 aromatic heterocycles. The van der Waals surface area contributed by atoms with Crippen molar-refractivity contribution < 1.29 is 5.11 Å². The molecular formula is C9H16N4OS. The van der Waals surface area contributed by atoms with Gasteiger partial charge in [-0.3, -0.25) is 0 Å². The summed E-state index contributed by atoms with van der Waals surface area (Å²) in [6, 6.07) is 0. The molecule has 0 saturated carbocycles. The van der Waals surface area contributed by atoms with Crippen molar-refractivity contribution in [2.24, 2.45) is 5.92 Å². The van der Waals surface area contributed by atoms with Gasteiger partial charge in [0.15, 0.2) is 0 Å². The maximum atomic E-state index is 8.85. The molecule has 6 heteroatoms.